The molecule has 1 heterocycles. The molecule has 1 aliphatic heterocycles. The van der Waals surface area contributed by atoms with Gasteiger partial charge in [-0.25, -0.2) is 4.99 Å². The number of nitrogens with one attached hydrogen (secondary N) is 1. The summed E-state index contributed by atoms with van der Waals surface area (Å²) in [6, 6.07) is 8.46. The Morgan fingerprint density at radius 1 is 1.41 bits per heavy atom. The molecule has 1 atom stereocenters. The summed E-state index contributed by atoms with van der Waals surface area (Å²) in [5.41, 5.74) is 8.32. The molecule has 6 heteroatoms. The van der Waals surface area contributed by atoms with Gasteiger partial charge >= 0.3 is 0 Å². The minimum atomic E-state index is 0.142. The number of guanidine groups is 1. The van der Waals surface area contributed by atoms with Crippen LogP contribution in [0.2, 0.25) is 0 Å². The van der Waals surface area contributed by atoms with E-state index >= 15 is 0 Å². The molecule has 1 aliphatic rings. The summed E-state index contributed by atoms with van der Waals surface area (Å²) >= 11 is 0. The standard InChI is InChI=1S/C16H26N4O2/c1-13(12-21-2)19-16(17)18-11-14-5-3-4-6-15(14)20-7-9-22-10-8-20/h3-6,13H,7-12H2,1-2H3,(H3,17,18,19). The third-order valence-corrected chi connectivity index (χ3v) is 3.57. The van der Waals surface area contributed by atoms with Crippen molar-refractivity contribution in [3.63, 3.8) is 0 Å². The highest BCUT2D eigenvalue weighted by Gasteiger charge is 2.14. The summed E-state index contributed by atoms with van der Waals surface area (Å²) in [4.78, 5) is 6.78. The van der Waals surface area contributed by atoms with Crippen LogP contribution in [0.5, 0.6) is 0 Å². The maximum Gasteiger partial charge on any atom is 0.189 e. The van der Waals surface area contributed by atoms with Gasteiger partial charge in [0, 0.05) is 31.9 Å². The number of aliphatic imine (C=N–C) groups is 1. The first-order chi connectivity index (χ1) is 10.7. The predicted octanol–water partition coefficient (Wildman–Crippen LogP) is 0.962. The lowest BCUT2D eigenvalue weighted by molar-refractivity contribution is 0.122. The molecule has 0 aromatic heterocycles. The van der Waals surface area contributed by atoms with Crippen molar-refractivity contribution in [1.82, 2.24) is 5.32 Å². The fourth-order valence-electron chi connectivity index (χ4n) is 2.52. The Bertz CT molecular complexity index is 487. The van der Waals surface area contributed by atoms with Gasteiger partial charge in [0.25, 0.3) is 0 Å². The highest BCUT2D eigenvalue weighted by Crippen LogP contribution is 2.22. The van der Waals surface area contributed by atoms with E-state index in [9.17, 15) is 0 Å². The molecule has 0 spiro atoms. The molecular weight excluding hydrogens is 280 g/mol. The van der Waals surface area contributed by atoms with Crippen LogP contribution in [0.1, 0.15) is 12.5 Å². The zero-order chi connectivity index (χ0) is 15.8. The first-order valence-electron chi connectivity index (χ1n) is 7.66. The van der Waals surface area contributed by atoms with E-state index in [4.69, 9.17) is 15.2 Å². The molecule has 1 aromatic rings. The van der Waals surface area contributed by atoms with Crippen molar-refractivity contribution in [3.8, 4) is 0 Å². The minimum Gasteiger partial charge on any atom is -0.383 e. The van der Waals surface area contributed by atoms with E-state index in [2.05, 4.69) is 33.4 Å². The summed E-state index contributed by atoms with van der Waals surface area (Å²) in [5, 5.41) is 3.12. The van der Waals surface area contributed by atoms with Crippen LogP contribution in [0, 0.1) is 0 Å². The van der Waals surface area contributed by atoms with Gasteiger partial charge in [0.05, 0.1) is 26.4 Å². The number of hydrogen-bond acceptors (Lipinski definition) is 4. The molecule has 0 aliphatic carbocycles. The quantitative estimate of drug-likeness (QED) is 0.605. The molecule has 3 N–H and O–H groups in total. The van der Waals surface area contributed by atoms with Crippen molar-refractivity contribution in [1.29, 1.82) is 0 Å². The van der Waals surface area contributed by atoms with E-state index in [-0.39, 0.29) is 6.04 Å². The summed E-state index contributed by atoms with van der Waals surface area (Å²) in [5.74, 6) is 0.446. The number of benzene rings is 1. The molecular formula is C16H26N4O2. The van der Waals surface area contributed by atoms with Crippen LogP contribution in [0.4, 0.5) is 5.69 Å². The van der Waals surface area contributed by atoms with Crippen LogP contribution in [-0.2, 0) is 16.0 Å². The van der Waals surface area contributed by atoms with Crippen molar-refractivity contribution in [2.24, 2.45) is 10.7 Å². The molecule has 1 saturated heterocycles. The second-order valence-corrected chi connectivity index (χ2v) is 5.43. The van der Waals surface area contributed by atoms with Crippen molar-refractivity contribution in [2.75, 3.05) is 44.9 Å². The van der Waals surface area contributed by atoms with E-state index in [1.807, 2.05) is 13.0 Å². The van der Waals surface area contributed by atoms with Crippen LogP contribution in [0.3, 0.4) is 0 Å². The van der Waals surface area contributed by atoms with Crippen molar-refractivity contribution >= 4 is 11.6 Å². The van der Waals surface area contributed by atoms with E-state index < -0.39 is 0 Å². The van der Waals surface area contributed by atoms with Crippen LogP contribution in [0.15, 0.2) is 29.3 Å². The summed E-state index contributed by atoms with van der Waals surface area (Å²) in [6.07, 6.45) is 0. The van der Waals surface area contributed by atoms with Gasteiger partial charge in [0.15, 0.2) is 5.96 Å². The fourth-order valence-corrected chi connectivity index (χ4v) is 2.52. The number of methoxy groups -OCH3 is 1. The number of hydrogen-bond donors (Lipinski definition) is 2. The Balaban J connectivity index is 2.00. The lowest BCUT2D eigenvalue weighted by Gasteiger charge is -2.30. The Kier molecular flexibility index (Phi) is 6.48. The number of para-hydroxylation sites is 1. The Morgan fingerprint density at radius 2 is 2.14 bits per heavy atom. The van der Waals surface area contributed by atoms with Gasteiger partial charge in [-0.3, -0.25) is 0 Å². The van der Waals surface area contributed by atoms with Gasteiger partial charge in [-0.05, 0) is 18.6 Å². The largest absolute Gasteiger partial charge is 0.383 e. The fraction of sp³-hybridized carbons (Fsp3) is 0.562. The smallest absolute Gasteiger partial charge is 0.189 e. The first kappa shape index (κ1) is 16.6. The highest BCUT2D eigenvalue weighted by molar-refractivity contribution is 5.78. The van der Waals surface area contributed by atoms with E-state index in [1.165, 1.54) is 11.3 Å². The van der Waals surface area contributed by atoms with Gasteiger partial charge in [-0.15, -0.1) is 0 Å². The van der Waals surface area contributed by atoms with Crippen molar-refractivity contribution in [3.05, 3.63) is 29.8 Å². The zero-order valence-corrected chi connectivity index (χ0v) is 13.4. The van der Waals surface area contributed by atoms with Crippen LogP contribution in [0.25, 0.3) is 0 Å². The van der Waals surface area contributed by atoms with Gasteiger partial charge in [0.1, 0.15) is 0 Å². The van der Waals surface area contributed by atoms with E-state index in [0.717, 1.165) is 26.3 Å². The molecule has 1 aromatic carbocycles. The lowest BCUT2D eigenvalue weighted by Crippen LogP contribution is -2.40. The summed E-state index contributed by atoms with van der Waals surface area (Å²) < 4.78 is 10.5. The van der Waals surface area contributed by atoms with Gasteiger partial charge in [-0.1, -0.05) is 18.2 Å². The number of nitrogens with two attached hydrogens (primary N) is 1. The second kappa shape index (κ2) is 8.60. The van der Waals surface area contributed by atoms with Gasteiger partial charge < -0.3 is 25.4 Å². The first-order valence-corrected chi connectivity index (χ1v) is 7.66. The van der Waals surface area contributed by atoms with E-state index in [0.29, 0.717) is 19.1 Å². The molecule has 1 unspecified atom stereocenters. The number of rotatable bonds is 6. The van der Waals surface area contributed by atoms with Gasteiger partial charge in [-0.2, -0.15) is 0 Å². The number of nitrogens with zero attached hydrogens (tertiary/aromatic N) is 2. The Morgan fingerprint density at radius 3 is 2.86 bits per heavy atom. The number of morpholine rings is 1. The van der Waals surface area contributed by atoms with Gasteiger partial charge in [0.2, 0.25) is 0 Å². The molecule has 0 saturated carbocycles. The molecule has 0 bridgehead atoms. The topological polar surface area (TPSA) is 72.1 Å². The van der Waals surface area contributed by atoms with Crippen molar-refractivity contribution < 1.29 is 9.47 Å². The van der Waals surface area contributed by atoms with Crippen LogP contribution < -0.4 is 16.0 Å². The molecule has 0 amide bonds. The number of ether oxygens (including phenoxy) is 2. The maximum absolute atomic E-state index is 5.93. The summed E-state index contributed by atoms with van der Waals surface area (Å²) in [6.45, 7) is 6.55. The molecule has 6 nitrogen and oxygen atoms in total. The lowest BCUT2D eigenvalue weighted by atomic mass is 10.1. The van der Waals surface area contributed by atoms with Crippen LogP contribution >= 0.6 is 0 Å². The molecule has 122 valence electrons. The highest BCUT2D eigenvalue weighted by atomic mass is 16.5. The normalized spacial score (nSPS) is 17.4. The van der Waals surface area contributed by atoms with E-state index in [1.54, 1.807) is 7.11 Å². The minimum absolute atomic E-state index is 0.142. The second-order valence-electron chi connectivity index (χ2n) is 5.43. The Labute approximate surface area is 132 Å². The molecule has 2 rings (SSSR count). The Hall–Kier alpha value is -1.79. The van der Waals surface area contributed by atoms with Crippen LogP contribution in [-0.4, -0.2) is 52.0 Å². The maximum atomic E-state index is 5.93. The zero-order valence-electron chi connectivity index (χ0n) is 13.4. The molecule has 1 fully saturated rings. The predicted molar refractivity (Wildman–Crippen MR) is 89.3 cm³/mol. The monoisotopic (exact) mass is 306 g/mol. The average Bonchev–Trinajstić information content (AvgIpc) is 2.54. The molecule has 22 heavy (non-hydrogen) atoms. The third kappa shape index (κ3) is 4.89. The molecule has 0 radical (unpaired) electrons. The third-order valence-electron chi connectivity index (χ3n) is 3.57. The number of anilines is 1. The SMILES string of the molecule is COCC(C)NC(N)=NCc1ccccc1N1CCOCC1. The van der Waals surface area contributed by atoms with Crippen molar-refractivity contribution in [2.45, 2.75) is 19.5 Å². The summed E-state index contributed by atoms with van der Waals surface area (Å²) in [7, 11) is 1.67. The average molecular weight is 306 g/mol.